The van der Waals surface area contributed by atoms with Crippen molar-refractivity contribution in [3.8, 4) is 0 Å². The normalized spacial score (nSPS) is 25.4. The highest BCUT2D eigenvalue weighted by Gasteiger charge is 2.46. The maximum absolute atomic E-state index is 6.49. The molecule has 2 aliphatic heterocycles. The van der Waals surface area contributed by atoms with Crippen LogP contribution in [0.3, 0.4) is 0 Å². The Balaban J connectivity index is 1.37. The van der Waals surface area contributed by atoms with Gasteiger partial charge in [-0.05, 0) is 87.2 Å². The molecule has 2 aromatic rings. The van der Waals surface area contributed by atoms with Crippen LogP contribution in [-0.4, -0.2) is 41.0 Å². The van der Waals surface area contributed by atoms with Crippen molar-refractivity contribution >= 4 is 23.1 Å². The first-order valence-corrected chi connectivity index (χ1v) is 11.6. The Labute approximate surface area is 178 Å². The third kappa shape index (κ3) is 2.98. The third-order valence-electron chi connectivity index (χ3n) is 7.82. The van der Waals surface area contributed by atoms with Gasteiger partial charge in [0.15, 0.2) is 0 Å². The Kier molecular flexibility index (Phi) is 4.18. The average molecular weight is 409 g/mol. The number of likely N-dealkylation sites (tertiary alicyclic amines) is 1. The first-order chi connectivity index (χ1) is 14.1. The van der Waals surface area contributed by atoms with Crippen molar-refractivity contribution in [2.24, 2.45) is 5.92 Å². The van der Waals surface area contributed by atoms with E-state index in [0.717, 1.165) is 29.7 Å². The van der Waals surface area contributed by atoms with Crippen LogP contribution in [0.1, 0.15) is 61.8 Å². The third-order valence-corrected chi connectivity index (χ3v) is 8.05. The lowest BCUT2D eigenvalue weighted by molar-refractivity contribution is 0.161. The van der Waals surface area contributed by atoms with Crippen LogP contribution in [0.15, 0.2) is 24.5 Å². The summed E-state index contributed by atoms with van der Waals surface area (Å²) >= 11 is 6.49. The maximum Gasteiger partial charge on any atom is 0.140 e. The number of anilines is 2. The number of fused-ring (bicyclic) bond motifs is 3. The van der Waals surface area contributed by atoms with E-state index in [1.165, 1.54) is 74.2 Å². The van der Waals surface area contributed by atoms with Crippen molar-refractivity contribution in [3.05, 3.63) is 46.4 Å². The molecule has 6 rings (SSSR count). The second-order valence-electron chi connectivity index (χ2n) is 9.77. The molecular weight excluding hydrogens is 380 g/mol. The molecule has 1 aromatic heterocycles. The Morgan fingerprint density at radius 1 is 1.14 bits per heavy atom. The fourth-order valence-corrected chi connectivity index (χ4v) is 6.10. The zero-order valence-corrected chi connectivity index (χ0v) is 18.0. The van der Waals surface area contributed by atoms with Gasteiger partial charge in [0, 0.05) is 40.5 Å². The smallest absolute Gasteiger partial charge is 0.140 e. The lowest BCUT2D eigenvalue weighted by Gasteiger charge is -2.40. The van der Waals surface area contributed by atoms with Crippen LogP contribution in [0, 0.1) is 5.92 Å². The van der Waals surface area contributed by atoms with Crippen LogP contribution in [0.2, 0.25) is 5.02 Å². The summed E-state index contributed by atoms with van der Waals surface area (Å²) in [5, 5.41) is 0.853. The molecule has 1 aromatic carbocycles. The van der Waals surface area contributed by atoms with E-state index in [1.807, 2.05) is 6.07 Å². The summed E-state index contributed by atoms with van der Waals surface area (Å²) in [6.45, 7) is 7.06. The van der Waals surface area contributed by atoms with Gasteiger partial charge in [0.25, 0.3) is 0 Å². The number of aromatic nitrogens is 2. The van der Waals surface area contributed by atoms with Crippen molar-refractivity contribution in [1.29, 1.82) is 0 Å². The summed E-state index contributed by atoms with van der Waals surface area (Å²) in [5.74, 6) is 2.64. The van der Waals surface area contributed by atoms with Gasteiger partial charge in [0.1, 0.15) is 12.1 Å². The highest BCUT2D eigenvalue weighted by molar-refractivity contribution is 6.30. The first-order valence-electron chi connectivity index (χ1n) is 11.3. The van der Waals surface area contributed by atoms with Gasteiger partial charge in [-0.3, -0.25) is 0 Å². The maximum atomic E-state index is 6.49. The van der Waals surface area contributed by atoms with Crippen molar-refractivity contribution < 1.29 is 0 Å². The Bertz CT molecular complexity index is 946. The van der Waals surface area contributed by atoms with Crippen molar-refractivity contribution in [3.63, 3.8) is 0 Å². The molecule has 3 heterocycles. The lowest BCUT2D eigenvalue weighted by atomic mass is 9.74. The van der Waals surface area contributed by atoms with Gasteiger partial charge in [0.2, 0.25) is 0 Å². The first kappa shape index (κ1) is 18.1. The van der Waals surface area contributed by atoms with Gasteiger partial charge in [0.05, 0.1) is 0 Å². The van der Waals surface area contributed by atoms with Crippen molar-refractivity contribution in [2.45, 2.75) is 56.8 Å². The Morgan fingerprint density at radius 2 is 1.97 bits per heavy atom. The molecule has 4 aliphatic rings. The molecule has 0 unspecified atom stereocenters. The second kappa shape index (κ2) is 6.68. The fraction of sp³-hybridized carbons (Fsp3) is 0.583. The van der Waals surface area contributed by atoms with E-state index >= 15 is 0 Å². The molecule has 0 bridgehead atoms. The van der Waals surface area contributed by atoms with E-state index in [0.29, 0.717) is 5.92 Å². The van der Waals surface area contributed by atoms with Crippen LogP contribution in [0.5, 0.6) is 0 Å². The average Bonchev–Trinajstić information content (AvgIpc) is 3.40. The van der Waals surface area contributed by atoms with Crippen LogP contribution < -0.4 is 4.90 Å². The molecule has 0 radical (unpaired) electrons. The lowest BCUT2D eigenvalue weighted by Crippen LogP contribution is -2.45. The summed E-state index contributed by atoms with van der Waals surface area (Å²) in [7, 11) is 0. The molecule has 1 atom stereocenters. The van der Waals surface area contributed by atoms with Crippen LogP contribution in [0.25, 0.3) is 0 Å². The number of hydrogen-bond acceptors (Lipinski definition) is 4. The predicted octanol–water partition coefficient (Wildman–Crippen LogP) is 5.08. The van der Waals surface area contributed by atoms with Gasteiger partial charge in [-0.15, -0.1) is 0 Å². The van der Waals surface area contributed by atoms with Crippen LogP contribution in [-0.2, 0) is 11.8 Å². The SMILES string of the molecule is C[C@@H]1CCc2ncnc(N3CC4(CCN(CC5CC5)CC4)c4cc(Cl)ccc43)c21. The number of hydrogen-bond donors (Lipinski definition) is 0. The molecule has 152 valence electrons. The Hall–Kier alpha value is -1.65. The fourth-order valence-electron chi connectivity index (χ4n) is 5.93. The second-order valence-corrected chi connectivity index (χ2v) is 10.2. The predicted molar refractivity (Wildman–Crippen MR) is 117 cm³/mol. The number of halogens is 1. The Morgan fingerprint density at radius 3 is 2.76 bits per heavy atom. The summed E-state index contributed by atoms with van der Waals surface area (Å²) in [6.07, 6.45) is 9.33. The number of nitrogens with zero attached hydrogens (tertiary/aromatic N) is 4. The number of piperidine rings is 1. The van der Waals surface area contributed by atoms with E-state index in [4.69, 9.17) is 16.6 Å². The van der Waals surface area contributed by atoms with Crippen molar-refractivity contribution in [1.82, 2.24) is 14.9 Å². The number of benzene rings is 1. The van der Waals surface area contributed by atoms with E-state index in [-0.39, 0.29) is 5.41 Å². The standard InChI is InChI=1S/C24H29ClN4/c1-16-2-6-20-22(16)23(27-15-26-20)29-14-24(19-12-18(25)5-7-21(19)29)8-10-28(11-9-24)13-17-3-4-17/h5,7,12,15-17H,2-4,6,8-11,13-14H2,1H3/t16-/m1/s1. The monoisotopic (exact) mass is 408 g/mol. The minimum Gasteiger partial charge on any atom is -0.325 e. The topological polar surface area (TPSA) is 32.3 Å². The summed E-state index contributed by atoms with van der Waals surface area (Å²) in [4.78, 5) is 14.6. The van der Waals surface area contributed by atoms with Gasteiger partial charge in [-0.1, -0.05) is 18.5 Å². The molecule has 1 saturated heterocycles. The van der Waals surface area contributed by atoms with E-state index in [9.17, 15) is 0 Å². The highest BCUT2D eigenvalue weighted by atomic mass is 35.5. The summed E-state index contributed by atoms with van der Waals surface area (Å²) < 4.78 is 0. The van der Waals surface area contributed by atoms with Crippen molar-refractivity contribution in [2.75, 3.05) is 31.1 Å². The minimum absolute atomic E-state index is 0.194. The molecule has 1 spiro atoms. The summed E-state index contributed by atoms with van der Waals surface area (Å²) in [6, 6.07) is 6.49. The molecule has 1 saturated carbocycles. The van der Waals surface area contributed by atoms with Gasteiger partial charge in [-0.25, -0.2) is 9.97 Å². The highest BCUT2D eigenvalue weighted by Crippen LogP contribution is 2.52. The van der Waals surface area contributed by atoms with Gasteiger partial charge >= 0.3 is 0 Å². The molecule has 0 amide bonds. The molecule has 4 nitrogen and oxygen atoms in total. The van der Waals surface area contributed by atoms with E-state index in [1.54, 1.807) is 6.33 Å². The zero-order valence-electron chi connectivity index (χ0n) is 17.2. The van der Waals surface area contributed by atoms with Crippen LogP contribution >= 0.6 is 11.6 Å². The number of aryl methyl sites for hydroxylation is 1. The van der Waals surface area contributed by atoms with Gasteiger partial charge in [-0.2, -0.15) is 0 Å². The summed E-state index contributed by atoms with van der Waals surface area (Å²) in [5.41, 5.74) is 5.56. The largest absolute Gasteiger partial charge is 0.325 e. The number of rotatable bonds is 3. The molecule has 2 fully saturated rings. The molecule has 29 heavy (non-hydrogen) atoms. The van der Waals surface area contributed by atoms with E-state index in [2.05, 4.69) is 33.8 Å². The molecule has 5 heteroatoms. The zero-order chi connectivity index (χ0) is 19.6. The van der Waals surface area contributed by atoms with Gasteiger partial charge < -0.3 is 9.80 Å². The molecular formula is C24H29ClN4. The van der Waals surface area contributed by atoms with E-state index < -0.39 is 0 Å². The molecule has 0 N–H and O–H groups in total. The minimum atomic E-state index is 0.194. The quantitative estimate of drug-likeness (QED) is 0.709. The van der Waals surface area contributed by atoms with Crippen LogP contribution in [0.4, 0.5) is 11.5 Å². The molecule has 2 aliphatic carbocycles.